The fourth-order valence-corrected chi connectivity index (χ4v) is 7.09. The highest BCUT2D eigenvalue weighted by Gasteiger charge is 2.80. The highest BCUT2D eigenvalue weighted by molar-refractivity contribution is 5.89. The number of esters is 1. The van der Waals surface area contributed by atoms with Crippen molar-refractivity contribution in [2.45, 2.75) is 52.2 Å². The molecule has 1 saturated heterocycles. The van der Waals surface area contributed by atoms with E-state index in [1.54, 1.807) is 0 Å². The molecule has 3 heteroatoms. The number of hydrogen-bond donors (Lipinski definition) is 1. The molecule has 0 aromatic rings. The van der Waals surface area contributed by atoms with E-state index in [0.717, 1.165) is 11.1 Å². The number of fused-ring (bicyclic) bond motifs is 2. The summed E-state index contributed by atoms with van der Waals surface area (Å²) in [6.45, 7) is 11.0. The molecule has 4 aliphatic carbocycles. The quantitative estimate of drug-likeness (QED) is 0.552. The van der Waals surface area contributed by atoms with Gasteiger partial charge in [-0.05, 0) is 49.0 Å². The summed E-state index contributed by atoms with van der Waals surface area (Å²) in [4.78, 5) is 12.7. The minimum Gasteiger partial charge on any atom is -0.455 e. The van der Waals surface area contributed by atoms with Gasteiger partial charge in [-0.15, -0.1) is 0 Å². The van der Waals surface area contributed by atoms with Gasteiger partial charge in [0.1, 0.15) is 5.60 Å². The van der Waals surface area contributed by atoms with Gasteiger partial charge in [0.2, 0.25) is 0 Å². The van der Waals surface area contributed by atoms with Crippen molar-refractivity contribution < 1.29 is 14.6 Å². The zero-order valence-electron chi connectivity index (χ0n) is 14.6. The summed E-state index contributed by atoms with van der Waals surface area (Å²) in [7, 11) is 0. The molecular weight excluding hydrogens is 288 g/mol. The van der Waals surface area contributed by atoms with Crippen molar-refractivity contribution in [3.8, 4) is 0 Å². The van der Waals surface area contributed by atoms with Crippen LogP contribution in [-0.2, 0) is 9.53 Å². The zero-order chi connectivity index (χ0) is 16.5. The zero-order valence-corrected chi connectivity index (χ0v) is 14.6. The maximum atomic E-state index is 12.7. The lowest BCUT2D eigenvalue weighted by Crippen LogP contribution is -2.55. The molecule has 3 fully saturated rings. The van der Waals surface area contributed by atoms with Crippen LogP contribution in [0.2, 0.25) is 0 Å². The lowest BCUT2D eigenvalue weighted by Gasteiger charge is -2.46. The predicted octanol–water partition coefficient (Wildman–Crippen LogP) is 3.09. The number of carbonyl (C=O) groups is 1. The average Bonchev–Trinajstić information content (AvgIpc) is 2.78. The number of aliphatic hydroxyl groups is 1. The SMILES string of the molecule is CC1=C[C@H]2[C@H](C)C[C@@H]3[C@H]([C@@H]4C=C(C)[C@]5(O)C(=O)O[C@@]42[C@@H]15)C3(C)C. The number of ether oxygens (including phenoxy) is 1. The fourth-order valence-electron chi connectivity index (χ4n) is 7.09. The van der Waals surface area contributed by atoms with Gasteiger partial charge in [0.25, 0.3) is 0 Å². The van der Waals surface area contributed by atoms with Gasteiger partial charge < -0.3 is 9.84 Å². The largest absolute Gasteiger partial charge is 0.455 e. The molecule has 3 nitrogen and oxygen atoms in total. The maximum Gasteiger partial charge on any atom is 0.343 e. The molecule has 1 aliphatic heterocycles. The van der Waals surface area contributed by atoms with Crippen LogP contribution in [0.4, 0.5) is 0 Å². The first-order valence-electron chi connectivity index (χ1n) is 8.99. The van der Waals surface area contributed by atoms with Crippen LogP contribution in [0, 0.1) is 40.9 Å². The Hall–Kier alpha value is -1.09. The molecule has 0 amide bonds. The third kappa shape index (κ3) is 1.23. The second kappa shape index (κ2) is 3.61. The van der Waals surface area contributed by atoms with Crippen LogP contribution in [0.1, 0.15) is 41.0 Å². The first-order chi connectivity index (χ1) is 10.7. The number of rotatable bonds is 0. The minimum atomic E-state index is -1.44. The number of carbonyl (C=O) groups excluding carboxylic acids is 1. The molecule has 1 heterocycles. The number of hydrogen-bond acceptors (Lipinski definition) is 3. The van der Waals surface area contributed by atoms with Crippen LogP contribution in [0.25, 0.3) is 0 Å². The van der Waals surface area contributed by atoms with E-state index < -0.39 is 17.2 Å². The molecule has 0 unspecified atom stereocenters. The monoisotopic (exact) mass is 314 g/mol. The van der Waals surface area contributed by atoms with Crippen molar-refractivity contribution in [1.82, 2.24) is 0 Å². The Kier molecular flexibility index (Phi) is 2.24. The Labute approximate surface area is 137 Å². The lowest BCUT2D eigenvalue weighted by molar-refractivity contribution is -0.162. The highest BCUT2D eigenvalue weighted by atomic mass is 16.6. The van der Waals surface area contributed by atoms with E-state index in [4.69, 9.17) is 4.74 Å². The summed E-state index contributed by atoms with van der Waals surface area (Å²) in [6.07, 6.45) is 5.70. The minimum absolute atomic E-state index is 0.194. The maximum absolute atomic E-state index is 12.7. The van der Waals surface area contributed by atoms with Crippen LogP contribution in [-0.4, -0.2) is 22.3 Å². The molecule has 124 valence electrons. The smallest absolute Gasteiger partial charge is 0.343 e. The topological polar surface area (TPSA) is 46.5 Å². The van der Waals surface area contributed by atoms with E-state index in [-0.39, 0.29) is 17.8 Å². The molecule has 2 bridgehead atoms. The van der Waals surface area contributed by atoms with Crippen LogP contribution < -0.4 is 0 Å². The van der Waals surface area contributed by atoms with Crippen LogP contribution >= 0.6 is 0 Å². The lowest BCUT2D eigenvalue weighted by atomic mass is 9.59. The van der Waals surface area contributed by atoms with Crippen molar-refractivity contribution in [3.05, 3.63) is 23.3 Å². The second-order valence-electron chi connectivity index (χ2n) is 9.42. The van der Waals surface area contributed by atoms with E-state index in [1.807, 2.05) is 6.92 Å². The summed E-state index contributed by atoms with van der Waals surface area (Å²) in [6, 6.07) is 0. The van der Waals surface area contributed by atoms with Gasteiger partial charge in [-0.1, -0.05) is 38.5 Å². The van der Waals surface area contributed by atoms with Gasteiger partial charge in [-0.2, -0.15) is 0 Å². The molecule has 1 spiro atoms. The third-order valence-corrected chi connectivity index (χ3v) is 8.18. The van der Waals surface area contributed by atoms with Gasteiger partial charge in [-0.3, -0.25) is 0 Å². The van der Waals surface area contributed by atoms with Gasteiger partial charge in [0.15, 0.2) is 5.60 Å². The molecular formula is C20H26O3. The Balaban J connectivity index is 1.79. The molecule has 1 N–H and O–H groups in total. The molecule has 8 atom stereocenters. The van der Waals surface area contributed by atoms with E-state index in [0.29, 0.717) is 23.2 Å². The molecule has 0 radical (unpaired) electrons. The van der Waals surface area contributed by atoms with E-state index >= 15 is 0 Å². The van der Waals surface area contributed by atoms with Crippen LogP contribution in [0.15, 0.2) is 23.3 Å². The van der Waals surface area contributed by atoms with Crippen LogP contribution in [0.5, 0.6) is 0 Å². The molecule has 2 saturated carbocycles. The van der Waals surface area contributed by atoms with Gasteiger partial charge >= 0.3 is 5.97 Å². The Morgan fingerprint density at radius 2 is 1.91 bits per heavy atom. The van der Waals surface area contributed by atoms with E-state index in [9.17, 15) is 9.90 Å². The highest BCUT2D eigenvalue weighted by Crippen LogP contribution is 2.75. The molecule has 0 aromatic carbocycles. The molecule has 0 aromatic heterocycles. The predicted molar refractivity (Wildman–Crippen MR) is 86.3 cm³/mol. The average molecular weight is 314 g/mol. The second-order valence-corrected chi connectivity index (χ2v) is 9.42. The van der Waals surface area contributed by atoms with Crippen molar-refractivity contribution >= 4 is 5.97 Å². The summed E-state index contributed by atoms with van der Waals surface area (Å²) in [5, 5.41) is 11.3. The molecule has 23 heavy (non-hydrogen) atoms. The van der Waals surface area contributed by atoms with Crippen molar-refractivity contribution in [2.24, 2.45) is 40.9 Å². The summed E-state index contributed by atoms with van der Waals surface area (Å²) in [5.74, 6) is 1.61. The Morgan fingerprint density at radius 3 is 2.61 bits per heavy atom. The summed E-state index contributed by atoms with van der Waals surface area (Å²) in [5.41, 5.74) is 0.271. The van der Waals surface area contributed by atoms with Crippen molar-refractivity contribution in [3.63, 3.8) is 0 Å². The fraction of sp³-hybridized carbons (Fsp3) is 0.750. The van der Waals surface area contributed by atoms with E-state index in [2.05, 4.69) is 39.8 Å². The van der Waals surface area contributed by atoms with Crippen molar-refractivity contribution in [1.29, 1.82) is 0 Å². The third-order valence-electron chi connectivity index (χ3n) is 8.18. The first-order valence-corrected chi connectivity index (χ1v) is 8.99. The molecule has 5 aliphatic rings. The van der Waals surface area contributed by atoms with Gasteiger partial charge in [0.05, 0.1) is 5.92 Å². The van der Waals surface area contributed by atoms with E-state index in [1.165, 1.54) is 6.42 Å². The Bertz CT molecular complexity index is 702. The standard InChI is InChI=1S/C20H26O3/c1-9-6-13-15(18(13,4)5)14-8-11(3)19(22)16-10(2)7-12(9)20(14,16)23-17(19)21/h7-9,12-16,22H,6H2,1-5H3/t9-,12+,13-,14+,15-,16+,19-,20-/m1/s1. The molecule has 5 rings (SSSR count). The first kappa shape index (κ1) is 14.3. The summed E-state index contributed by atoms with van der Waals surface area (Å²) < 4.78 is 6.16. The van der Waals surface area contributed by atoms with Crippen molar-refractivity contribution in [2.75, 3.05) is 0 Å². The van der Waals surface area contributed by atoms with Gasteiger partial charge in [0, 0.05) is 11.8 Å². The Morgan fingerprint density at radius 1 is 1.22 bits per heavy atom. The van der Waals surface area contributed by atoms with Gasteiger partial charge in [-0.25, -0.2) is 4.79 Å². The normalized spacial score (nSPS) is 57.7. The van der Waals surface area contributed by atoms with Crippen LogP contribution in [0.3, 0.4) is 0 Å². The summed E-state index contributed by atoms with van der Waals surface area (Å²) >= 11 is 0.